The van der Waals surface area contributed by atoms with Gasteiger partial charge in [-0.15, -0.1) is 0 Å². The van der Waals surface area contributed by atoms with Crippen molar-refractivity contribution in [1.82, 2.24) is 0 Å². The van der Waals surface area contributed by atoms with Crippen LogP contribution in [0.4, 0.5) is 0 Å². The molecule has 2 heterocycles. The fourth-order valence-electron chi connectivity index (χ4n) is 7.82. The Hall–Kier alpha value is -3.61. The second-order valence-corrected chi connectivity index (χ2v) is 20.1. The van der Waals surface area contributed by atoms with Gasteiger partial charge in [-0.05, 0) is 77.5 Å². The van der Waals surface area contributed by atoms with E-state index < -0.39 is 16.2 Å². The van der Waals surface area contributed by atoms with Crippen LogP contribution in [-0.4, -0.2) is 6.16 Å². The quantitative estimate of drug-likeness (QED) is 0.154. The first-order valence-corrected chi connectivity index (χ1v) is 21.2. The predicted molar refractivity (Wildman–Crippen MR) is 218 cm³/mol. The van der Waals surface area contributed by atoms with Gasteiger partial charge in [0, 0.05) is 39.4 Å². The Kier molecular flexibility index (Phi) is 10.1. The minimum atomic E-state index is -1.83. The molecule has 1 fully saturated rings. The van der Waals surface area contributed by atoms with Crippen molar-refractivity contribution in [1.29, 1.82) is 0 Å². The lowest BCUT2D eigenvalue weighted by molar-refractivity contribution is 0.288. The van der Waals surface area contributed by atoms with Crippen LogP contribution in [-0.2, 0) is 10.8 Å². The average molecular weight is 715 g/mol. The van der Waals surface area contributed by atoms with Crippen LogP contribution < -0.4 is 4.52 Å². The Balaban J connectivity index is 1.44. The monoisotopic (exact) mass is 714 g/mol. The van der Waals surface area contributed by atoms with Crippen molar-refractivity contribution in [3.05, 3.63) is 154 Å². The smallest absolute Gasteiger partial charge is 0.388 e. The zero-order valence-corrected chi connectivity index (χ0v) is 33.2. The minimum Gasteiger partial charge on any atom is -0.399 e. The molecule has 1 aliphatic rings. The summed E-state index contributed by atoms with van der Waals surface area (Å²) in [6.07, 6.45) is 3.09. The molecular formula is C46H52O3P2. The fraction of sp³-hybridized carbons (Fsp3) is 0.348. The van der Waals surface area contributed by atoms with Crippen molar-refractivity contribution in [3.63, 3.8) is 0 Å². The van der Waals surface area contributed by atoms with E-state index in [9.17, 15) is 0 Å². The minimum absolute atomic E-state index is 0.143. The molecule has 264 valence electrons. The van der Waals surface area contributed by atoms with E-state index in [1.165, 1.54) is 51.8 Å². The first-order valence-electron chi connectivity index (χ1n) is 18.4. The van der Waals surface area contributed by atoms with E-state index in [0.29, 0.717) is 11.3 Å². The van der Waals surface area contributed by atoms with Crippen LogP contribution in [0.1, 0.15) is 111 Å². The summed E-state index contributed by atoms with van der Waals surface area (Å²) < 4.78 is 21.6. The van der Waals surface area contributed by atoms with Crippen LogP contribution in [0.15, 0.2) is 124 Å². The first kappa shape index (κ1) is 35.8. The predicted octanol–water partition coefficient (Wildman–Crippen LogP) is 14.4. The third kappa shape index (κ3) is 7.64. The first-order chi connectivity index (χ1) is 24.4. The SMILES string of the molecule is Cc1cc(C(C)(C)C)c2op(OC(CP3[C@@H](c4ccccc4)CC[C@@H]3c3ccccc3)c3ccccc3)oc3c(C(C)(C)C)cc(C)cc3c2c1. The summed E-state index contributed by atoms with van der Waals surface area (Å²) in [6, 6.07) is 42.2. The largest absolute Gasteiger partial charge is 0.399 e. The van der Waals surface area contributed by atoms with Gasteiger partial charge in [0.05, 0.1) is 0 Å². The molecule has 0 amide bonds. The molecule has 1 aliphatic heterocycles. The van der Waals surface area contributed by atoms with E-state index in [1.807, 2.05) is 0 Å². The van der Waals surface area contributed by atoms with E-state index >= 15 is 0 Å². The van der Waals surface area contributed by atoms with Crippen LogP contribution in [0, 0.1) is 13.8 Å². The fourth-order valence-corrected chi connectivity index (χ4v) is 12.8. The van der Waals surface area contributed by atoms with Crippen LogP contribution in [0.3, 0.4) is 0 Å². The summed E-state index contributed by atoms with van der Waals surface area (Å²) in [5.74, 6) is 0. The van der Waals surface area contributed by atoms with Gasteiger partial charge in [-0.2, -0.15) is 0 Å². The van der Waals surface area contributed by atoms with E-state index in [1.54, 1.807) is 0 Å². The van der Waals surface area contributed by atoms with Crippen LogP contribution in [0.25, 0.3) is 21.9 Å². The summed E-state index contributed by atoms with van der Waals surface area (Å²) in [6.45, 7) is 18.0. The highest BCUT2D eigenvalue weighted by molar-refractivity contribution is 7.58. The Morgan fingerprint density at radius 3 is 1.43 bits per heavy atom. The number of rotatable bonds is 7. The number of benzene rings is 5. The Bertz CT molecular complexity index is 2030. The van der Waals surface area contributed by atoms with Crippen LogP contribution in [0.2, 0.25) is 0 Å². The lowest BCUT2D eigenvalue weighted by atomic mass is 9.83. The molecule has 3 atom stereocenters. The summed E-state index contributed by atoms with van der Waals surface area (Å²) in [5, 5.41) is 2.17. The van der Waals surface area contributed by atoms with Gasteiger partial charge >= 0.3 is 8.24 Å². The molecule has 3 nitrogen and oxygen atoms in total. The van der Waals surface area contributed by atoms with E-state index in [2.05, 4.69) is 171 Å². The summed E-state index contributed by atoms with van der Waals surface area (Å²) in [4.78, 5) is 0. The molecule has 51 heavy (non-hydrogen) atoms. The van der Waals surface area contributed by atoms with E-state index in [-0.39, 0.29) is 16.9 Å². The molecule has 1 aromatic heterocycles. The summed E-state index contributed by atoms with van der Waals surface area (Å²) >= 11 is 0. The van der Waals surface area contributed by atoms with Gasteiger partial charge in [0.1, 0.15) is 17.3 Å². The summed E-state index contributed by atoms with van der Waals surface area (Å²) in [7, 11) is -2.34. The summed E-state index contributed by atoms with van der Waals surface area (Å²) in [5.41, 5.74) is 11.3. The van der Waals surface area contributed by atoms with Gasteiger partial charge in [0.25, 0.3) is 0 Å². The molecule has 0 aliphatic carbocycles. The molecule has 1 saturated heterocycles. The van der Waals surface area contributed by atoms with Crippen LogP contribution in [0.5, 0.6) is 0 Å². The van der Waals surface area contributed by atoms with Gasteiger partial charge in [-0.1, -0.05) is 153 Å². The molecule has 0 N–H and O–H groups in total. The maximum Gasteiger partial charge on any atom is 0.388 e. The van der Waals surface area contributed by atoms with Crippen molar-refractivity contribution in [3.8, 4) is 0 Å². The molecule has 7 rings (SSSR count). The number of hydrogen-bond acceptors (Lipinski definition) is 3. The molecule has 1 unspecified atom stereocenters. The molecule has 0 bridgehead atoms. The molecule has 5 aromatic carbocycles. The van der Waals surface area contributed by atoms with Gasteiger partial charge in [0.15, 0.2) is 0 Å². The Morgan fingerprint density at radius 2 is 1.02 bits per heavy atom. The molecule has 0 saturated carbocycles. The second kappa shape index (κ2) is 14.4. The highest BCUT2D eigenvalue weighted by Crippen LogP contribution is 2.71. The third-order valence-electron chi connectivity index (χ3n) is 10.3. The standard InChI is InChI=1S/C46H52O3P2/c1-31-26-36-37-27-32(2)29-39(46(6,7)8)44(37)49-51(48-43(36)38(28-31)45(3,4)5)47-40(33-18-12-9-13-19-33)30-50-41(34-20-14-10-15-21-34)24-25-42(50)35-22-16-11-17-23-35/h9-23,26-29,40-42H,24-25,30H2,1-8H3/t40?,41-,42-/m1/s1. The number of aryl methyl sites for hydroxylation is 2. The van der Waals surface area contributed by atoms with Gasteiger partial charge in [-0.25, -0.2) is 0 Å². The third-order valence-corrected chi connectivity index (χ3v) is 14.9. The number of fused-ring (bicyclic) bond motifs is 3. The second-order valence-electron chi connectivity index (χ2n) is 16.4. The highest BCUT2D eigenvalue weighted by atomic mass is 31.1. The molecular weight excluding hydrogens is 662 g/mol. The highest BCUT2D eigenvalue weighted by Gasteiger charge is 2.39. The Labute approximate surface area is 306 Å². The normalized spacial score (nSPS) is 17.6. The van der Waals surface area contributed by atoms with Crippen molar-refractivity contribution in [2.45, 2.75) is 96.5 Å². The lowest BCUT2D eigenvalue weighted by Gasteiger charge is -2.30. The maximum atomic E-state index is 7.33. The van der Waals surface area contributed by atoms with Crippen LogP contribution >= 0.6 is 16.2 Å². The molecule has 0 radical (unpaired) electrons. The van der Waals surface area contributed by atoms with Crippen molar-refractivity contribution < 1.29 is 12.9 Å². The van der Waals surface area contributed by atoms with E-state index in [0.717, 1.165) is 28.1 Å². The maximum absolute atomic E-state index is 7.33. The zero-order valence-electron chi connectivity index (χ0n) is 31.4. The van der Waals surface area contributed by atoms with E-state index in [4.69, 9.17) is 12.9 Å². The van der Waals surface area contributed by atoms with Gasteiger partial charge in [0.2, 0.25) is 0 Å². The average Bonchev–Trinajstić information content (AvgIpc) is 3.45. The number of hydrogen-bond donors (Lipinski definition) is 0. The zero-order chi connectivity index (χ0) is 35.9. The Morgan fingerprint density at radius 1 is 0.608 bits per heavy atom. The molecule has 6 aromatic rings. The van der Waals surface area contributed by atoms with Crippen molar-refractivity contribution in [2.24, 2.45) is 0 Å². The topological polar surface area (TPSA) is 35.5 Å². The molecule has 0 spiro atoms. The van der Waals surface area contributed by atoms with Crippen molar-refractivity contribution in [2.75, 3.05) is 6.16 Å². The van der Waals surface area contributed by atoms with Gasteiger partial charge < -0.3 is 8.39 Å². The van der Waals surface area contributed by atoms with Crippen molar-refractivity contribution >= 4 is 38.1 Å². The van der Waals surface area contributed by atoms with Gasteiger partial charge in [-0.3, -0.25) is 4.52 Å². The molecule has 5 heteroatoms. The lowest BCUT2D eigenvalue weighted by Crippen LogP contribution is -2.13.